The molecule has 0 aliphatic carbocycles. The summed E-state index contributed by atoms with van der Waals surface area (Å²) in [6.07, 6.45) is 48.8. The van der Waals surface area contributed by atoms with E-state index in [1.165, 1.54) is 193 Å². The lowest BCUT2D eigenvalue weighted by Gasteiger charge is -2.05. The highest BCUT2D eigenvalue weighted by Crippen LogP contribution is 2.11. The van der Waals surface area contributed by atoms with Crippen LogP contribution in [0.4, 0.5) is 0 Å². The third-order valence-corrected chi connectivity index (χ3v) is 7.73. The highest BCUT2D eigenvalue weighted by atomic mass is 14.8. The molecule has 1 nitrogen and oxygen atoms in total. The van der Waals surface area contributed by atoms with Gasteiger partial charge in [0.25, 0.3) is 0 Å². The summed E-state index contributed by atoms with van der Waals surface area (Å²) >= 11 is 0. The molecule has 0 radical (unpaired) electrons. The molecule has 0 rings (SSSR count). The van der Waals surface area contributed by atoms with Crippen LogP contribution in [-0.4, -0.2) is 13.1 Å². The Kier molecular flexibility index (Phi) is 43.1. The van der Waals surface area contributed by atoms with Crippen molar-refractivity contribution in [2.75, 3.05) is 13.1 Å². The van der Waals surface area contributed by atoms with Gasteiger partial charge in [-0.3, -0.25) is 0 Å². The molecule has 0 heterocycles. The van der Waals surface area contributed by atoms with Crippen molar-refractivity contribution in [3.8, 4) is 0 Å². The van der Waals surface area contributed by atoms with Crippen LogP contribution in [0.1, 0.15) is 194 Å². The predicted molar refractivity (Wildman–Crippen MR) is 183 cm³/mol. The van der Waals surface area contributed by atoms with E-state index in [2.05, 4.69) is 56.6 Å². The van der Waals surface area contributed by atoms with Crippen molar-refractivity contribution in [3.63, 3.8) is 0 Å². The molecular formula is C38H75N. The first-order valence-electron chi connectivity index (χ1n) is 17.9. The van der Waals surface area contributed by atoms with Crippen LogP contribution in [0.3, 0.4) is 0 Å². The third kappa shape index (κ3) is 41.8. The summed E-state index contributed by atoms with van der Waals surface area (Å²) < 4.78 is 0. The Balaban J connectivity index is 0. The van der Waals surface area contributed by atoms with Gasteiger partial charge < -0.3 is 5.32 Å². The first-order valence-corrected chi connectivity index (χ1v) is 17.9. The van der Waals surface area contributed by atoms with Crippen molar-refractivity contribution < 1.29 is 0 Å². The predicted octanol–water partition coefficient (Wildman–Crippen LogP) is 13.5. The minimum absolute atomic E-state index is 1.23. The Morgan fingerprint density at radius 3 is 0.846 bits per heavy atom. The maximum Gasteiger partial charge on any atom is -0.00489 e. The molecule has 1 heteroatoms. The summed E-state index contributed by atoms with van der Waals surface area (Å²) in [6, 6.07) is 0. The summed E-state index contributed by atoms with van der Waals surface area (Å²) in [4.78, 5) is 0. The number of hydrogen-bond acceptors (Lipinski definition) is 1. The van der Waals surface area contributed by atoms with Crippen molar-refractivity contribution in [2.24, 2.45) is 0 Å². The lowest BCUT2D eigenvalue weighted by atomic mass is 10.1. The van der Waals surface area contributed by atoms with Crippen LogP contribution in [0.2, 0.25) is 0 Å². The highest BCUT2D eigenvalue weighted by molar-refractivity contribution is 4.82. The van der Waals surface area contributed by atoms with Gasteiger partial charge in [0, 0.05) is 0 Å². The Hall–Kier alpha value is -0.820. The summed E-state index contributed by atoms with van der Waals surface area (Å²) in [5.74, 6) is 0. The molecule has 0 aliphatic rings. The van der Waals surface area contributed by atoms with Gasteiger partial charge in [-0.1, -0.05) is 154 Å². The number of allylic oxidation sites excluding steroid dienone is 4. The zero-order chi connectivity index (χ0) is 28.7. The van der Waals surface area contributed by atoms with Crippen LogP contribution in [0.25, 0.3) is 0 Å². The summed E-state index contributed by atoms with van der Waals surface area (Å²) in [7, 11) is 0. The molecule has 0 amide bonds. The molecule has 0 aliphatic heterocycles. The minimum Gasteiger partial charge on any atom is -0.317 e. The molecule has 0 bridgehead atoms. The van der Waals surface area contributed by atoms with Gasteiger partial charge in [-0.05, 0) is 77.3 Å². The van der Waals surface area contributed by atoms with E-state index in [1.807, 2.05) is 0 Å². The van der Waals surface area contributed by atoms with Gasteiger partial charge in [0.05, 0.1) is 0 Å². The molecule has 0 atom stereocenters. The van der Waals surface area contributed by atoms with Crippen molar-refractivity contribution in [1.82, 2.24) is 5.32 Å². The normalized spacial score (nSPS) is 11.4. The first-order chi connectivity index (χ1) is 19.4. The van der Waals surface area contributed by atoms with Crippen LogP contribution in [0.15, 0.2) is 37.5 Å². The molecule has 1 N–H and O–H groups in total. The SMILES string of the molecule is C=C.CCCCCCCC/C=C\CCCCCCCCNCCCCCCCC/C=C\CCCCCCCC. The zero-order valence-electron chi connectivity index (χ0n) is 27.4. The van der Waals surface area contributed by atoms with Crippen LogP contribution in [-0.2, 0) is 0 Å². The van der Waals surface area contributed by atoms with Gasteiger partial charge in [-0.15, -0.1) is 13.2 Å². The summed E-state index contributed by atoms with van der Waals surface area (Å²) in [6.45, 7) is 13.0. The second-order valence-corrected chi connectivity index (χ2v) is 11.6. The van der Waals surface area contributed by atoms with Gasteiger partial charge in [0.2, 0.25) is 0 Å². The van der Waals surface area contributed by atoms with E-state index in [-0.39, 0.29) is 0 Å². The molecular weight excluding hydrogens is 470 g/mol. The molecule has 39 heavy (non-hydrogen) atoms. The Labute approximate surface area is 249 Å². The van der Waals surface area contributed by atoms with E-state index in [1.54, 1.807) is 0 Å². The fourth-order valence-corrected chi connectivity index (χ4v) is 5.12. The summed E-state index contributed by atoms with van der Waals surface area (Å²) in [5, 5.41) is 3.67. The van der Waals surface area contributed by atoms with Crippen LogP contribution < -0.4 is 5.32 Å². The van der Waals surface area contributed by atoms with Crippen molar-refractivity contribution >= 4 is 0 Å². The lowest BCUT2D eigenvalue weighted by Crippen LogP contribution is -2.16. The van der Waals surface area contributed by atoms with Crippen LogP contribution in [0, 0.1) is 0 Å². The van der Waals surface area contributed by atoms with Gasteiger partial charge in [-0.25, -0.2) is 0 Å². The minimum atomic E-state index is 1.23. The van der Waals surface area contributed by atoms with Crippen LogP contribution in [0.5, 0.6) is 0 Å². The quantitative estimate of drug-likeness (QED) is 0.0654. The van der Waals surface area contributed by atoms with E-state index in [9.17, 15) is 0 Å². The van der Waals surface area contributed by atoms with Crippen LogP contribution >= 0.6 is 0 Å². The Morgan fingerprint density at radius 1 is 0.333 bits per heavy atom. The second-order valence-electron chi connectivity index (χ2n) is 11.6. The van der Waals surface area contributed by atoms with E-state index in [0.29, 0.717) is 0 Å². The average molecular weight is 546 g/mol. The molecule has 232 valence electrons. The van der Waals surface area contributed by atoms with E-state index in [4.69, 9.17) is 0 Å². The number of unbranched alkanes of at least 4 members (excludes halogenated alkanes) is 24. The zero-order valence-corrected chi connectivity index (χ0v) is 27.4. The van der Waals surface area contributed by atoms with Crippen molar-refractivity contribution in [2.45, 2.75) is 194 Å². The van der Waals surface area contributed by atoms with Gasteiger partial charge in [-0.2, -0.15) is 0 Å². The van der Waals surface area contributed by atoms with E-state index in [0.717, 1.165) is 0 Å². The van der Waals surface area contributed by atoms with Gasteiger partial charge in [0.15, 0.2) is 0 Å². The monoisotopic (exact) mass is 546 g/mol. The van der Waals surface area contributed by atoms with Gasteiger partial charge >= 0.3 is 0 Å². The molecule has 0 aromatic heterocycles. The maximum atomic E-state index is 3.67. The lowest BCUT2D eigenvalue weighted by molar-refractivity contribution is 0.539. The molecule has 0 saturated carbocycles. The number of nitrogens with one attached hydrogen (secondary N) is 1. The Bertz CT molecular complexity index is 412. The van der Waals surface area contributed by atoms with Crippen molar-refractivity contribution in [3.05, 3.63) is 37.5 Å². The molecule has 0 fully saturated rings. The largest absolute Gasteiger partial charge is 0.317 e. The molecule has 0 aromatic carbocycles. The molecule has 0 spiro atoms. The third-order valence-electron chi connectivity index (χ3n) is 7.73. The average Bonchev–Trinajstić information content (AvgIpc) is 2.96. The van der Waals surface area contributed by atoms with E-state index >= 15 is 0 Å². The van der Waals surface area contributed by atoms with E-state index < -0.39 is 0 Å². The maximum absolute atomic E-state index is 3.67. The standard InChI is InChI=1S/C36H71N.C2H4/c1-3-5-7-9-11-13-15-17-19-21-23-25-27-29-31-33-35-37-36-34-32-30-28-26-24-22-20-18-16-14-12-10-8-6-4-2;1-2/h17-20,37H,3-16,21-36H2,1-2H3;1-2H2/b19-17-,20-18-;. The highest BCUT2D eigenvalue weighted by Gasteiger charge is 1.94. The molecule has 0 aromatic rings. The fourth-order valence-electron chi connectivity index (χ4n) is 5.12. The number of hydrogen-bond donors (Lipinski definition) is 1. The Morgan fingerprint density at radius 2 is 0.564 bits per heavy atom. The first kappa shape index (κ1) is 40.3. The molecule has 0 unspecified atom stereocenters. The topological polar surface area (TPSA) is 12.0 Å². The molecule has 0 saturated heterocycles. The second kappa shape index (κ2) is 41.7. The fraction of sp³-hybridized carbons (Fsp3) is 0.842. The van der Waals surface area contributed by atoms with Gasteiger partial charge in [0.1, 0.15) is 0 Å². The number of rotatable bonds is 32. The van der Waals surface area contributed by atoms with Crippen molar-refractivity contribution in [1.29, 1.82) is 0 Å². The summed E-state index contributed by atoms with van der Waals surface area (Å²) in [5.41, 5.74) is 0. The smallest absolute Gasteiger partial charge is 0.00489 e.